The van der Waals surface area contributed by atoms with Crippen LogP contribution in [0.4, 0.5) is 0 Å². The molecule has 5 nitrogen and oxygen atoms in total. The zero-order chi connectivity index (χ0) is 27.9. The van der Waals surface area contributed by atoms with Crippen LogP contribution in [-0.2, 0) is 17.8 Å². The number of aromatic nitrogens is 1. The van der Waals surface area contributed by atoms with Gasteiger partial charge in [0.1, 0.15) is 18.1 Å². The lowest BCUT2D eigenvalue weighted by Crippen LogP contribution is -2.27. The minimum Gasteiger partial charge on any atom is -0.511 e. The third-order valence-corrected chi connectivity index (χ3v) is 7.77. The van der Waals surface area contributed by atoms with Gasteiger partial charge in [-0.1, -0.05) is 74.0 Å². The van der Waals surface area contributed by atoms with Crippen molar-refractivity contribution in [1.29, 1.82) is 0 Å². The number of nitrogens with one attached hydrogen (secondary N) is 1. The van der Waals surface area contributed by atoms with Gasteiger partial charge in [0.25, 0.3) is 0 Å². The Labute approximate surface area is 236 Å². The number of Topliss-reactive ketones (excluding diaryl/α,β-unsaturated/α-hetero) is 1. The lowest BCUT2D eigenvalue weighted by molar-refractivity contribution is -0.116. The maximum absolute atomic E-state index is 13.3. The highest BCUT2D eigenvalue weighted by Crippen LogP contribution is 2.34. The number of benzene rings is 3. The summed E-state index contributed by atoms with van der Waals surface area (Å²) in [7, 11) is 0. The van der Waals surface area contributed by atoms with Crippen LogP contribution in [0.2, 0.25) is 0 Å². The molecule has 1 fully saturated rings. The number of nitrogens with zero attached hydrogens (tertiary/aromatic N) is 1. The Balaban J connectivity index is 1.37. The molecule has 1 aliphatic carbocycles. The number of allylic oxidation sites excluding steroid dienone is 2. The van der Waals surface area contributed by atoms with Gasteiger partial charge in [0.05, 0.1) is 5.57 Å². The number of aromatic amines is 1. The lowest BCUT2D eigenvalue weighted by atomic mass is 9.78. The summed E-state index contributed by atoms with van der Waals surface area (Å²) in [6.45, 7) is 5.23. The first kappa shape index (κ1) is 27.4. The molecule has 3 aromatic carbocycles. The predicted octanol–water partition coefficient (Wildman–Crippen LogP) is 8.19. The minimum atomic E-state index is -0.00376. The van der Waals surface area contributed by atoms with E-state index in [-0.39, 0.29) is 17.5 Å². The second kappa shape index (κ2) is 12.8. The number of ether oxygens (including phenoxy) is 1. The van der Waals surface area contributed by atoms with E-state index in [0.717, 1.165) is 58.4 Å². The van der Waals surface area contributed by atoms with Gasteiger partial charge in [-0.15, -0.1) is 0 Å². The molecular formula is C35H38N2O3. The van der Waals surface area contributed by atoms with Crippen molar-refractivity contribution in [2.75, 3.05) is 6.54 Å². The number of hydrogen-bond acceptors (Lipinski definition) is 4. The molecular weight excluding hydrogens is 496 g/mol. The summed E-state index contributed by atoms with van der Waals surface area (Å²) < 4.78 is 6.09. The van der Waals surface area contributed by atoms with Crippen LogP contribution in [0.15, 0.2) is 95.2 Å². The molecule has 1 aliphatic rings. The number of aliphatic imine (C=N–C) groups is 1. The first-order chi connectivity index (χ1) is 19.5. The number of carbonyl (C=O) groups excluding carboxylic acids is 1. The van der Waals surface area contributed by atoms with Gasteiger partial charge in [0.2, 0.25) is 0 Å². The van der Waals surface area contributed by atoms with Crippen LogP contribution in [-0.4, -0.2) is 28.1 Å². The monoisotopic (exact) mass is 534 g/mol. The third kappa shape index (κ3) is 6.36. The average molecular weight is 535 g/mol. The molecule has 1 aromatic heterocycles. The topological polar surface area (TPSA) is 74.7 Å². The van der Waals surface area contributed by atoms with Gasteiger partial charge in [0, 0.05) is 41.7 Å². The summed E-state index contributed by atoms with van der Waals surface area (Å²) in [5, 5.41) is 12.0. The fourth-order valence-electron chi connectivity index (χ4n) is 5.61. The standard InChI is InChI=1S/C35H38N2O3/c1-3-4-15-33(38)35-32(20-27(21-34(35)39)26-13-9-6-10-14-26)36-19-18-29-24(2)37-31-17-16-28(22-30(29)31)40-23-25-11-7-5-8-12-25/h5-14,16-17,22,27,37-38H,3-4,15,18-21,23H2,1-2H3/t27-/m1/s1. The van der Waals surface area contributed by atoms with Crippen molar-refractivity contribution < 1.29 is 14.6 Å². The van der Waals surface area contributed by atoms with Crippen LogP contribution in [0.5, 0.6) is 5.75 Å². The Kier molecular flexibility index (Phi) is 8.80. The van der Waals surface area contributed by atoms with Crippen molar-refractivity contribution in [2.45, 2.75) is 64.9 Å². The molecule has 5 heteroatoms. The van der Waals surface area contributed by atoms with Crippen molar-refractivity contribution in [2.24, 2.45) is 4.99 Å². The quantitative estimate of drug-likeness (QED) is 0.159. The van der Waals surface area contributed by atoms with Gasteiger partial charge < -0.3 is 14.8 Å². The second-order valence-corrected chi connectivity index (χ2v) is 10.7. The van der Waals surface area contributed by atoms with Gasteiger partial charge in [-0.2, -0.15) is 0 Å². The molecule has 5 rings (SSSR count). The van der Waals surface area contributed by atoms with Gasteiger partial charge in [-0.05, 0) is 67.0 Å². The normalized spacial score (nSPS) is 17.9. The summed E-state index contributed by atoms with van der Waals surface area (Å²) in [4.78, 5) is 21.8. The molecule has 206 valence electrons. The van der Waals surface area contributed by atoms with E-state index in [9.17, 15) is 9.90 Å². The highest BCUT2D eigenvalue weighted by molar-refractivity contribution is 6.24. The van der Waals surface area contributed by atoms with E-state index < -0.39 is 0 Å². The molecule has 2 N–H and O–H groups in total. The zero-order valence-electron chi connectivity index (χ0n) is 23.5. The molecule has 0 spiro atoms. The lowest BCUT2D eigenvalue weighted by Gasteiger charge is -2.26. The van der Waals surface area contributed by atoms with Gasteiger partial charge in [-0.3, -0.25) is 9.79 Å². The van der Waals surface area contributed by atoms with E-state index in [1.54, 1.807) is 0 Å². The average Bonchev–Trinajstić information content (AvgIpc) is 3.29. The molecule has 40 heavy (non-hydrogen) atoms. The van der Waals surface area contributed by atoms with Crippen LogP contribution in [0, 0.1) is 6.92 Å². The molecule has 4 aromatic rings. The third-order valence-electron chi connectivity index (χ3n) is 7.77. The van der Waals surface area contributed by atoms with Gasteiger partial charge in [0.15, 0.2) is 5.78 Å². The Morgan fingerprint density at radius 3 is 2.52 bits per heavy atom. The van der Waals surface area contributed by atoms with E-state index in [4.69, 9.17) is 9.73 Å². The fraction of sp³-hybridized carbons (Fsp3) is 0.314. The zero-order valence-corrected chi connectivity index (χ0v) is 23.5. The number of carbonyl (C=O) groups is 1. The predicted molar refractivity (Wildman–Crippen MR) is 162 cm³/mol. The Morgan fingerprint density at radius 1 is 1.02 bits per heavy atom. The molecule has 0 aliphatic heterocycles. The highest BCUT2D eigenvalue weighted by Gasteiger charge is 2.32. The smallest absolute Gasteiger partial charge is 0.168 e. The largest absolute Gasteiger partial charge is 0.511 e. The summed E-state index contributed by atoms with van der Waals surface area (Å²) >= 11 is 0. The summed E-state index contributed by atoms with van der Waals surface area (Å²) in [5.74, 6) is 1.10. The Hall–Kier alpha value is -4.12. The number of fused-ring (bicyclic) bond motifs is 1. The summed E-state index contributed by atoms with van der Waals surface area (Å²) in [6, 6.07) is 26.5. The van der Waals surface area contributed by atoms with Crippen molar-refractivity contribution in [3.05, 3.63) is 113 Å². The molecule has 0 radical (unpaired) electrons. The van der Waals surface area contributed by atoms with Crippen molar-refractivity contribution in [1.82, 2.24) is 4.98 Å². The first-order valence-electron chi connectivity index (χ1n) is 14.3. The number of rotatable bonds is 10. The van der Waals surface area contributed by atoms with Crippen LogP contribution in [0.1, 0.15) is 67.3 Å². The number of unbranched alkanes of at least 4 members (excludes halogenated alkanes) is 1. The number of hydrogen-bond donors (Lipinski definition) is 2. The van der Waals surface area contributed by atoms with E-state index in [1.165, 1.54) is 5.56 Å². The number of ketones is 1. The Bertz CT molecular complexity index is 1520. The number of H-pyrrole nitrogens is 1. The van der Waals surface area contributed by atoms with Crippen LogP contribution in [0.25, 0.3) is 10.9 Å². The maximum Gasteiger partial charge on any atom is 0.168 e. The molecule has 0 saturated heterocycles. The van der Waals surface area contributed by atoms with E-state index >= 15 is 0 Å². The molecule has 0 bridgehead atoms. The van der Waals surface area contributed by atoms with Crippen molar-refractivity contribution in [3.63, 3.8) is 0 Å². The van der Waals surface area contributed by atoms with E-state index in [0.29, 0.717) is 38.0 Å². The first-order valence-corrected chi connectivity index (χ1v) is 14.3. The second-order valence-electron chi connectivity index (χ2n) is 10.7. The van der Waals surface area contributed by atoms with Gasteiger partial charge in [-0.25, -0.2) is 0 Å². The summed E-state index contributed by atoms with van der Waals surface area (Å²) in [5.41, 5.74) is 6.85. The van der Waals surface area contributed by atoms with Crippen LogP contribution < -0.4 is 4.74 Å². The summed E-state index contributed by atoms with van der Waals surface area (Å²) in [6.07, 6.45) is 4.11. The minimum absolute atomic E-state index is 0.00376. The molecule has 0 amide bonds. The molecule has 1 heterocycles. The van der Waals surface area contributed by atoms with E-state index in [1.807, 2.05) is 42.5 Å². The van der Waals surface area contributed by atoms with Crippen molar-refractivity contribution in [3.8, 4) is 5.75 Å². The molecule has 1 saturated carbocycles. The number of aliphatic hydroxyl groups excluding tert-OH is 1. The van der Waals surface area contributed by atoms with Gasteiger partial charge >= 0.3 is 0 Å². The fourth-order valence-corrected chi connectivity index (χ4v) is 5.61. The Morgan fingerprint density at radius 2 is 1.77 bits per heavy atom. The van der Waals surface area contributed by atoms with Crippen LogP contribution >= 0.6 is 0 Å². The highest BCUT2D eigenvalue weighted by atomic mass is 16.5. The van der Waals surface area contributed by atoms with Crippen LogP contribution in [0.3, 0.4) is 0 Å². The number of aryl methyl sites for hydroxylation is 1. The van der Waals surface area contributed by atoms with Crippen molar-refractivity contribution >= 4 is 22.4 Å². The molecule has 0 unspecified atom stereocenters. The van der Waals surface area contributed by atoms with E-state index in [2.05, 4.69) is 55.2 Å². The maximum atomic E-state index is 13.3. The SMILES string of the molecule is CCCCC(O)=C1C(=O)C[C@H](c2ccccc2)CC1=NCCc1c(C)[nH]c2ccc(OCc3ccccc3)cc12. The molecule has 1 atom stereocenters. The number of aliphatic hydroxyl groups is 1.